The fraction of sp³-hybridized carbons (Fsp3) is 0.192. The second-order valence-electron chi connectivity index (χ2n) is 8.12. The van der Waals surface area contributed by atoms with Gasteiger partial charge in [-0.3, -0.25) is 4.18 Å². The van der Waals surface area contributed by atoms with Crippen LogP contribution in [0.15, 0.2) is 89.8 Å². The van der Waals surface area contributed by atoms with E-state index in [4.69, 9.17) is 13.9 Å². The van der Waals surface area contributed by atoms with Gasteiger partial charge in [0.05, 0.1) is 22.7 Å². The van der Waals surface area contributed by atoms with Crippen molar-refractivity contribution in [3.63, 3.8) is 0 Å². The Morgan fingerprint density at radius 3 is 2.35 bits per heavy atom. The van der Waals surface area contributed by atoms with Crippen LogP contribution in [0.1, 0.15) is 6.92 Å². The van der Waals surface area contributed by atoms with E-state index in [1.54, 1.807) is 37.3 Å². The molecule has 0 aliphatic rings. The Hall–Kier alpha value is -3.46. The molecule has 0 aliphatic heterocycles. The highest BCUT2D eigenvalue weighted by molar-refractivity contribution is 7.86. The average Bonchev–Trinajstić information content (AvgIpc) is 2.88. The first-order valence-corrected chi connectivity index (χ1v) is 12.2. The SMILES string of the molecule is CNc1ccc(-c2ccc3ccc(OC(C)(CO)COS(=O)(=O)c4ccccc4)cc3n2)cc1. The molecule has 0 aliphatic carbocycles. The second kappa shape index (κ2) is 9.80. The summed E-state index contributed by atoms with van der Waals surface area (Å²) in [7, 11) is -2.11. The molecule has 3 aromatic carbocycles. The van der Waals surface area contributed by atoms with Gasteiger partial charge in [0.15, 0.2) is 5.60 Å². The van der Waals surface area contributed by atoms with E-state index in [-0.39, 0.29) is 11.5 Å². The highest BCUT2D eigenvalue weighted by atomic mass is 32.2. The molecule has 4 rings (SSSR count). The van der Waals surface area contributed by atoms with E-state index in [1.165, 1.54) is 12.1 Å². The minimum atomic E-state index is -3.98. The molecule has 0 bridgehead atoms. The predicted octanol–water partition coefficient (Wildman–Crippen LogP) is 4.48. The maximum atomic E-state index is 12.5. The van der Waals surface area contributed by atoms with Crippen LogP contribution in [0, 0.1) is 0 Å². The number of aromatic nitrogens is 1. The maximum absolute atomic E-state index is 12.5. The molecule has 0 amide bonds. The summed E-state index contributed by atoms with van der Waals surface area (Å²) in [4.78, 5) is 4.79. The van der Waals surface area contributed by atoms with Gasteiger partial charge in [0, 0.05) is 29.8 Å². The third kappa shape index (κ3) is 5.36. The number of pyridine rings is 1. The van der Waals surface area contributed by atoms with Crippen molar-refractivity contribution in [2.45, 2.75) is 17.4 Å². The summed E-state index contributed by atoms with van der Waals surface area (Å²) in [5.74, 6) is 0.444. The van der Waals surface area contributed by atoms with Crippen LogP contribution >= 0.6 is 0 Å². The first-order chi connectivity index (χ1) is 16.3. The monoisotopic (exact) mass is 478 g/mol. The Balaban J connectivity index is 1.54. The number of anilines is 1. The van der Waals surface area contributed by atoms with Gasteiger partial charge in [-0.15, -0.1) is 0 Å². The zero-order valence-corrected chi connectivity index (χ0v) is 19.7. The van der Waals surface area contributed by atoms with Gasteiger partial charge in [0.2, 0.25) is 0 Å². The fourth-order valence-corrected chi connectivity index (χ4v) is 4.41. The molecular weight excluding hydrogens is 452 g/mol. The molecule has 1 atom stereocenters. The van der Waals surface area contributed by atoms with Gasteiger partial charge in [-0.25, -0.2) is 4.98 Å². The summed E-state index contributed by atoms with van der Waals surface area (Å²) in [6.07, 6.45) is 0. The molecule has 2 N–H and O–H groups in total. The molecule has 1 heterocycles. The van der Waals surface area contributed by atoms with Gasteiger partial charge in [0.1, 0.15) is 12.4 Å². The third-order valence-electron chi connectivity index (χ3n) is 5.38. The van der Waals surface area contributed by atoms with Gasteiger partial charge in [-0.1, -0.05) is 36.4 Å². The number of nitrogens with zero attached hydrogens (tertiary/aromatic N) is 1. The molecule has 0 spiro atoms. The molecule has 1 aromatic heterocycles. The lowest BCUT2D eigenvalue weighted by molar-refractivity contribution is -0.00982. The van der Waals surface area contributed by atoms with Crippen molar-refractivity contribution in [2.24, 2.45) is 0 Å². The summed E-state index contributed by atoms with van der Waals surface area (Å²) < 4.78 is 36.1. The molecule has 0 saturated carbocycles. The van der Waals surface area contributed by atoms with Crippen molar-refractivity contribution in [1.82, 2.24) is 4.98 Å². The molecule has 7 nitrogen and oxygen atoms in total. The highest BCUT2D eigenvalue weighted by Crippen LogP contribution is 2.27. The van der Waals surface area contributed by atoms with Crippen LogP contribution in [0.4, 0.5) is 5.69 Å². The summed E-state index contributed by atoms with van der Waals surface area (Å²) in [5, 5.41) is 14.0. The van der Waals surface area contributed by atoms with Gasteiger partial charge < -0.3 is 15.2 Å². The van der Waals surface area contributed by atoms with Crippen LogP contribution in [-0.4, -0.2) is 44.4 Å². The van der Waals surface area contributed by atoms with Crippen molar-refractivity contribution in [2.75, 3.05) is 25.6 Å². The lowest BCUT2D eigenvalue weighted by atomic mass is 10.1. The third-order valence-corrected chi connectivity index (χ3v) is 6.66. The zero-order chi connectivity index (χ0) is 24.2. The molecule has 8 heteroatoms. The average molecular weight is 479 g/mol. The van der Waals surface area contributed by atoms with Crippen LogP contribution < -0.4 is 10.1 Å². The number of fused-ring (bicyclic) bond motifs is 1. The number of nitrogens with one attached hydrogen (secondary N) is 1. The molecule has 34 heavy (non-hydrogen) atoms. The normalized spacial score (nSPS) is 13.4. The summed E-state index contributed by atoms with van der Waals surface area (Å²) in [5.41, 5.74) is 2.24. The number of hydrogen-bond acceptors (Lipinski definition) is 7. The first-order valence-electron chi connectivity index (χ1n) is 10.8. The Bertz CT molecular complexity index is 1380. The van der Waals surface area contributed by atoms with Crippen LogP contribution in [0.3, 0.4) is 0 Å². The summed E-state index contributed by atoms with van der Waals surface area (Å²) >= 11 is 0. The molecule has 1 unspecified atom stereocenters. The molecule has 4 aromatic rings. The van der Waals surface area contributed by atoms with Crippen LogP contribution in [0.2, 0.25) is 0 Å². The van der Waals surface area contributed by atoms with E-state index in [1.807, 2.05) is 49.5 Å². The lowest BCUT2D eigenvalue weighted by Gasteiger charge is -2.28. The van der Waals surface area contributed by atoms with Crippen LogP contribution in [-0.2, 0) is 14.3 Å². The van der Waals surface area contributed by atoms with Crippen molar-refractivity contribution in [3.05, 3.63) is 84.9 Å². The van der Waals surface area contributed by atoms with E-state index in [9.17, 15) is 13.5 Å². The molecule has 0 fully saturated rings. The Labute approximate surface area is 199 Å². The quantitative estimate of drug-likeness (QED) is 0.342. The smallest absolute Gasteiger partial charge is 0.297 e. The predicted molar refractivity (Wildman–Crippen MR) is 132 cm³/mol. The Kier molecular flexibility index (Phi) is 6.83. The standard InChI is InChI=1S/C26H26N2O5S/c1-26(17-29,18-32-34(30,31)23-6-4-3-5-7-23)33-22-14-10-20-11-15-24(28-25(20)16-22)19-8-12-21(27-2)13-9-19/h3-16,27,29H,17-18H2,1-2H3. The van der Waals surface area contributed by atoms with Crippen molar-refractivity contribution in [1.29, 1.82) is 0 Å². The first kappa shape index (κ1) is 23.7. The fourth-order valence-electron chi connectivity index (χ4n) is 3.38. The second-order valence-corrected chi connectivity index (χ2v) is 9.73. The van der Waals surface area contributed by atoms with Gasteiger partial charge in [-0.05, 0) is 49.4 Å². The Morgan fingerprint density at radius 1 is 0.971 bits per heavy atom. The lowest BCUT2D eigenvalue weighted by Crippen LogP contribution is -2.42. The van der Waals surface area contributed by atoms with E-state index in [0.717, 1.165) is 22.3 Å². The number of aliphatic hydroxyl groups is 1. The van der Waals surface area contributed by atoms with E-state index in [2.05, 4.69) is 5.32 Å². The van der Waals surface area contributed by atoms with Crippen molar-refractivity contribution < 1.29 is 22.4 Å². The summed E-state index contributed by atoms with van der Waals surface area (Å²) in [6, 6.07) is 25.1. The minimum Gasteiger partial charge on any atom is -0.483 e. The van der Waals surface area contributed by atoms with Crippen molar-refractivity contribution >= 4 is 26.7 Å². The van der Waals surface area contributed by atoms with E-state index < -0.39 is 22.3 Å². The van der Waals surface area contributed by atoms with E-state index in [0.29, 0.717) is 11.3 Å². The summed E-state index contributed by atoms with van der Waals surface area (Å²) in [6.45, 7) is 0.787. The Morgan fingerprint density at radius 2 is 1.68 bits per heavy atom. The molecule has 0 saturated heterocycles. The van der Waals surface area contributed by atoms with E-state index >= 15 is 0 Å². The molecule has 0 radical (unpaired) electrons. The number of ether oxygens (including phenoxy) is 1. The zero-order valence-electron chi connectivity index (χ0n) is 18.9. The van der Waals surface area contributed by atoms with Gasteiger partial charge >= 0.3 is 0 Å². The highest BCUT2D eigenvalue weighted by Gasteiger charge is 2.30. The number of benzene rings is 3. The molecule has 176 valence electrons. The number of rotatable bonds is 9. The molecular formula is C26H26N2O5S. The number of aliphatic hydroxyl groups excluding tert-OH is 1. The maximum Gasteiger partial charge on any atom is 0.297 e. The van der Waals surface area contributed by atoms with Gasteiger partial charge in [0.25, 0.3) is 10.1 Å². The topological polar surface area (TPSA) is 97.7 Å². The minimum absolute atomic E-state index is 0.0421. The van der Waals surface area contributed by atoms with Gasteiger partial charge in [-0.2, -0.15) is 8.42 Å². The van der Waals surface area contributed by atoms with Crippen LogP contribution in [0.5, 0.6) is 5.75 Å². The number of hydrogen-bond donors (Lipinski definition) is 2. The largest absolute Gasteiger partial charge is 0.483 e. The van der Waals surface area contributed by atoms with Crippen LogP contribution in [0.25, 0.3) is 22.2 Å². The van der Waals surface area contributed by atoms with Crippen molar-refractivity contribution in [3.8, 4) is 17.0 Å².